The summed E-state index contributed by atoms with van der Waals surface area (Å²) in [7, 11) is 1.60. The standard InChI is InChI=1S/C22H27NO4/c1-15-4-3-11-23(13-15)14-19-20(24)10-9-18(22(19)26)21(25)12-16-5-7-17(27-2)8-6-16/h5-10,15,24,26H,3-4,11-14H2,1-2H3. The molecule has 1 fully saturated rings. The number of phenolic OH excluding ortho intramolecular Hbond substituents is 2. The molecule has 2 aromatic carbocycles. The number of Topliss-reactive ketones (excluding diaryl/α,β-unsaturated/α-hetero) is 1. The Hall–Kier alpha value is -2.53. The zero-order chi connectivity index (χ0) is 19.4. The number of phenols is 2. The van der Waals surface area contributed by atoms with Crippen LogP contribution in [0.4, 0.5) is 0 Å². The highest BCUT2D eigenvalue weighted by Crippen LogP contribution is 2.33. The average molecular weight is 369 g/mol. The lowest BCUT2D eigenvalue weighted by Gasteiger charge is -2.31. The third-order valence-electron chi connectivity index (χ3n) is 5.21. The SMILES string of the molecule is COc1ccc(CC(=O)c2ccc(O)c(CN3CCCC(C)C3)c2O)cc1. The predicted octanol–water partition coefficient (Wildman–Crippen LogP) is 3.76. The van der Waals surface area contributed by atoms with Gasteiger partial charge in [-0.15, -0.1) is 0 Å². The van der Waals surface area contributed by atoms with Gasteiger partial charge in [-0.3, -0.25) is 9.69 Å². The van der Waals surface area contributed by atoms with E-state index >= 15 is 0 Å². The molecule has 0 saturated carbocycles. The van der Waals surface area contributed by atoms with Crippen LogP contribution in [0, 0.1) is 5.92 Å². The Labute approximate surface area is 160 Å². The number of carbonyl (C=O) groups excluding carboxylic acids is 1. The van der Waals surface area contributed by atoms with Gasteiger partial charge in [0.25, 0.3) is 0 Å². The molecular formula is C22H27NO4. The van der Waals surface area contributed by atoms with Crippen molar-refractivity contribution in [2.45, 2.75) is 32.7 Å². The summed E-state index contributed by atoms with van der Waals surface area (Å²) in [5, 5.41) is 20.9. The molecule has 0 radical (unpaired) electrons. The summed E-state index contributed by atoms with van der Waals surface area (Å²) < 4.78 is 5.13. The lowest BCUT2D eigenvalue weighted by atomic mass is 9.97. The van der Waals surface area contributed by atoms with E-state index in [2.05, 4.69) is 11.8 Å². The van der Waals surface area contributed by atoms with Gasteiger partial charge in [0.05, 0.1) is 18.2 Å². The number of likely N-dealkylation sites (tertiary alicyclic amines) is 1. The summed E-state index contributed by atoms with van der Waals surface area (Å²) in [6.45, 7) is 4.53. The van der Waals surface area contributed by atoms with Crippen LogP contribution in [0.25, 0.3) is 0 Å². The first-order valence-electron chi connectivity index (χ1n) is 9.40. The van der Waals surface area contributed by atoms with Gasteiger partial charge in [0.15, 0.2) is 5.78 Å². The second-order valence-electron chi connectivity index (χ2n) is 7.39. The van der Waals surface area contributed by atoms with Crippen LogP contribution in [-0.2, 0) is 13.0 Å². The van der Waals surface area contributed by atoms with Gasteiger partial charge in [0.1, 0.15) is 17.2 Å². The first-order chi connectivity index (χ1) is 13.0. The van der Waals surface area contributed by atoms with Crippen molar-refractivity contribution in [3.8, 4) is 17.2 Å². The number of rotatable bonds is 6. The van der Waals surface area contributed by atoms with Gasteiger partial charge in [-0.2, -0.15) is 0 Å². The van der Waals surface area contributed by atoms with Crippen LogP contribution in [0.3, 0.4) is 0 Å². The number of hydrogen-bond acceptors (Lipinski definition) is 5. The van der Waals surface area contributed by atoms with Crippen molar-refractivity contribution in [1.82, 2.24) is 4.90 Å². The average Bonchev–Trinajstić information content (AvgIpc) is 2.65. The summed E-state index contributed by atoms with van der Waals surface area (Å²) >= 11 is 0. The minimum absolute atomic E-state index is 0.0340. The monoisotopic (exact) mass is 369 g/mol. The fourth-order valence-corrected chi connectivity index (χ4v) is 3.68. The number of ether oxygens (including phenoxy) is 1. The van der Waals surface area contributed by atoms with E-state index in [9.17, 15) is 15.0 Å². The smallest absolute Gasteiger partial charge is 0.170 e. The van der Waals surface area contributed by atoms with E-state index in [1.165, 1.54) is 18.6 Å². The molecule has 1 unspecified atom stereocenters. The van der Waals surface area contributed by atoms with Gasteiger partial charge in [-0.25, -0.2) is 0 Å². The Bertz CT molecular complexity index is 801. The van der Waals surface area contributed by atoms with E-state index in [0.717, 1.165) is 30.8 Å². The maximum atomic E-state index is 12.7. The van der Waals surface area contributed by atoms with Crippen molar-refractivity contribution in [3.63, 3.8) is 0 Å². The molecule has 2 aromatic rings. The minimum Gasteiger partial charge on any atom is -0.507 e. The molecule has 0 amide bonds. The quantitative estimate of drug-likeness (QED) is 0.759. The maximum absolute atomic E-state index is 12.7. The molecule has 2 N–H and O–H groups in total. The molecule has 5 heteroatoms. The van der Waals surface area contributed by atoms with E-state index in [0.29, 0.717) is 18.0 Å². The fourth-order valence-electron chi connectivity index (χ4n) is 3.68. The Morgan fingerprint density at radius 3 is 2.59 bits per heavy atom. The molecule has 1 aliphatic heterocycles. The third-order valence-corrected chi connectivity index (χ3v) is 5.21. The lowest BCUT2D eigenvalue weighted by molar-refractivity contribution is 0.0989. The topological polar surface area (TPSA) is 70.0 Å². The van der Waals surface area contributed by atoms with Crippen molar-refractivity contribution < 1.29 is 19.7 Å². The summed E-state index contributed by atoms with van der Waals surface area (Å²) in [5.41, 5.74) is 1.54. The molecule has 1 saturated heterocycles. The molecule has 0 spiro atoms. The molecule has 1 aliphatic rings. The van der Waals surface area contributed by atoms with Gasteiger partial charge < -0.3 is 14.9 Å². The van der Waals surface area contributed by atoms with Gasteiger partial charge in [-0.05, 0) is 55.1 Å². The molecule has 3 rings (SSSR count). The van der Waals surface area contributed by atoms with E-state index in [1.54, 1.807) is 7.11 Å². The van der Waals surface area contributed by atoms with Crippen LogP contribution in [0.5, 0.6) is 17.2 Å². The Balaban J connectivity index is 1.77. The van der Waals surface area contributed by atoms with Crippen LogP contribution in [0.15, 0.2) is 36.4 Å². The second-order valence-corrected chi connectivity index (χ2v) is 7.39. The van der Waals surface area contributed by atoms with Crippen LogP contribution in [0.1, 0.15) is 41.3 Å². The van der Waals surface area contributed by atoms with Crippen molar-refractivity contribution in [2.75, 3.05) is 20.2 Å². The summed E-state index contributed by atoms with van der Waals surface area (Å²) in [4.78, 5) is 14.9. The molecule has 0 bridgehead atoms. The molecule has 27 heavy (non-hydrogen) atoms. The molecule has 144 valence electrons. The first kappa shape index (κ1) is 19.2. The number of piperidine rings is 1. The van der Waals surface area contributed by atoms with Crippen molar-refractivity contribution in [3.05, 3.63) is 53.1 Å². The predicted molar refractivity (Wildman–Crippen MR) is 104 cm³/mol. The summed E-state index contributed by atoms with van der Waals surface area (Å²) in [6, 6.07) is 10.3. The number of aromatic hydroxyl groups is 2. The first-order valence-corrected chi connectivity index (χ1v) is 9.40. The Morgan fingerprint density at radius 2 is 1.93 bits per heavy atom. The number of ketones is 1. The Morgan fingerprint density at radius 1 is 1.19 bits per heavy atom. The molecular weight excluding hydrogens is 342 g/mol. The number of nitrogens with zero attached hydrogens (tertiary/aromatic N) is 1. The zero-order valence-corrected chi connectivity index (χ0v) is 15.9. The van der Waals surface area contributed by atoms with E-state index in [1.807, 2.05) is 24.3 Å². The summed E-state index contributed by atoms with van der Waals surface area (Å²) in [5.74, 6) is 1.09. The minimum atomic E-state index is -0.175. The number of carbonyl (C=O) groups is 1. The van der Waals surface area contributed by atoms with Gasteiger partial charge in [0, 0.05) is 19.5 Å². The van der Waals surface area contributed by atoms with Crippen LogP contribution in [-0.4, -0.2) is 41.1 Å². The molecule has 0 aliphatic carbocycles. The zero-order valence-electron chi connectivity index (χ0n) is 15.9. The lowest BCUT2D eigenvalue weighted by Crippen LogP contribution is -2.33. The van der Waals surface area contributed by atoms with Crippen molar-refractivity contribution in [1.29, 1.82) is 0 Å². The second kappa shape index (κ2) is 8.44. The number of hydrogen-bond donors (Lipinski definition) is 2. The van der Waals surface area contributed by atoms with Gasteiger partial charge in [0.2, 0.25) is 0 Å². The van der Waals surface area contributed by atoms with Crippen LogP contribution < -0.4 is 4.74 Å². The molecule has 1 atom stereocenters. The van der Waals surface area contributed by atoms with E-state index in [4.69, 9.17) is 4.74 Å². The fraction of sp³-hybridized carbons (Fsp3) is 0.409. The van der Waals surface area contributed by atoms with Crippen molar-refractivity contribution >= 4 is 5.78 Å². The van der Waals surface area contributed by atoms with Gasteiger partial charge >= 0.3 is 0 Å². The Kier molecular flexibility index (Phi) is 6.01. The van der Waals surface area contributed by atoms with Crippen LogP contribution in [0.2, 0.25) is 0 Å². The highest BCUT2D eigenvalue weighted by atomic mass is 16.5. The third kappa shape index (κ3) is 4.61. The normalized spacial score (nSPS) is 17.6. The van der Waals surface area contributed by atoms with Crippen LogP contribution >= 0.6 is 0 Å². The highest BCUT2D eigenvalue weighted by Gasteiger charge is 2.22. The highest BCUT2D eigenvalue weighted by molar-refractivity contribution is 6.00. The molecule has 1 heterocycles. The number of methoxy groups -OCH3 is 1. The maximum Gasteiger partial charge on any atom is 0.170 e. The van der Waals surface area contributed by atoms with E-state index in [-0.39, 0.29) is 29.3 Å². The van der Waals surface area contributed by atoms with E-state index < -0.39 is 0 Å². The van der Waals surface area contributed by atoms with Crippen molar-refractivity contribution in [2.24, 2.45) is 5.92 Å². The van der Waals surface area contributed by atoms with Gasteiger partial charge in [-0.1, -0.05) is 19.1 Å². The largest absolute Gasteiger partial charge is 0.507 e. The molecule has 5 nitrogen and oxygen atoms in total. The summed E-state index contributed by atoms with van der Waals surface area (Å²) in [6.07, 6.45) is 2.50. The molecule has 0 aromatic heterocycles. The number of benzene rings is 2.